The normalized spacial score (nSPS) is 23.5. The topological polar surface area (TPSA) is 50.4 Å². The van der Waals surface area contributed by atoms with Gasteiger partial charge in [0.2, 0.25) is 5.91 Å². The minimum Gasteiger partial charge on any atom is -0.378 e. The summed E-state index contributed by atoms with van der Waals surface area (Å²) in [6, 6.07) is 0.314. The third kappa shape index (κ3) is 6.35. The largest absolute Gasteiger partial charge is 0.378 e. The molecule has 2 N–H and O–H groups in total. The Balaban J connectivity index is 1.59. The summed E-state index contributed by atoms with van der Waals surface area (Å²) < 4.78 is 5.80. The molecule has 1 saturated heterocycles. The van der Waals surface area contributed by atoms with E-state index in [4.69, 9.17) is 4.74 Å². The van der Waals surface area contributed by atoms with Crippen LogP contribution in [0.4, 0.5) is 0 Å². The van der Waals surface area contributed by atoms with E-state index in [9.17, 15) is 4.79 Å². The van der Waals surface area contributed by atoms with Gasteiger partial charge in [-0.1, -0.05) is 25.7 Å². The van der Waals surface area contributed by atoms with Crippen molar-refractivity contribution in [2.75, 3.05) is 19.7 Å². The molecule has 122 valence electrons. The standard InChI is InChI=1S/C17H32N2O2/c1-14(15-6-4-2-3-5-7-15)19-17(20)10-13-21-16-8-11-18-12-9-16/h14-16,18H,2-13H2,1H3,(H,19,20)/t14-/m0/s1. The lowest BCUT2D eigenvalue weighted by Crippen LogP contribution is -2.39. The number of nitrogens with one attached hydrogen (secondary N) is 2. The predicted molar refractivity (Wildman–Crippen MR) is 85.3 cm³/mol. The summed E-state index contributed by atoms with van der Waals surface area (Å²) in [7, 11) is 0. The molecule has 0 bridgehead atoms. The van der Waals surface area contributed by atoms with Crippen LogP contribution >= 0.6 is 0 Å². The molecule has 0 aromatic rings. The number of piperidine rings is 1. The first-order chi connectivity index (χ1) is 10.3. The van der Waals surface area contributed by atoms with E-state index >= 15 is 0 Å². The van der Waals surface area contributed by atoms with E-state index in [0.29, 0.717) is 31.1 Å². The quantitative estimate of drug-likeness (QED) is 0.741. The van der Waals surface area contributed by atoms with Crippen LogP contribution < -0.4 is 10.6 Å². The number of carbonyl (C=O) groups excluding carboxylic acids is 1. The highest BCUT2D eigenvalue weighted by Crippen LogP contribution is 2.25. The van der Waals surface area contributed by atoms with E-state index in [1.165, 1.54) is 38.5 Å². The zero-order valence-electron chi connectivity index (χ0n) is 13.5. The molecule has 0 radical (unpaired) electrons. The first-order valence-electron chi connectivity index (χ1n) is 8.87. The van der Waals surface area contributed by atoms with E-state index in [1.807, 2.05) is 0 Å². The Hall–Kier alpha value is -0.610. The molecule has 2 aliphatic rings. The van der Waals surface area contributed by atoms with Crippen molar-refractivity contribution in [3.8, 4) is 0 Å². The summed E-state index contributed by atoms with van der Waals surface area (Å²) in [5, 5.41) is 6.51. The average molecular weight is 296 g/mol. The van der Waals surface area contributed by atoms with E-state index in [-0.39, 0.29) is 5.91 Å². The molecule has 0 spiro atoms. The molecule has 1 atom stereocenters. The third-order valence-electron chi connectivity index (χ3n) is 4.96. The summed E-state index contributed by atoms with van der Waals surface area (Å²) in [4.78, 5) is 12.0. The first kappa shape index (κ1) is 16.8. The van der Waals surface area contributed by atoms with Crippen LogP contribution in [0.2, 0.25) is 0 Å². The van der Waals surface area contributed by atoms with Gasteiger partial charge in [-0.25, -0.2) is 0 Å². The van der Waals surface area contributed by atoms with Gasteiger partial charge in [0.15, 0.2) is 0 Å². The molecule has 0 aromatic carbocycles. The molecule has 2 fully saturated rings. The van der Waals surface area contributed by atoms with Gasteiger partial charge in [0.1, 0.15) is 0 Å². The second-order valence-corrected chi connectivity index (χ2v) is 6.68. The second kappa shape index (κ2) is 9.42. The molecular formula is C17H32N2O2. The number of hydrogen-bond acceptors (Lipinski definition) is 3. The smallest absolute Gasteiger partial charge is 0.222 e. The van der Waals surface area contributed by atoms with Gasteiger partial charge in [-0.05, 0) is 51.6 Å². The molecular weight excluding hydrogens is 264 g/mol. The van der Waals surface area contributed by atoms with Crippen molar-refractivity contribution in [2.45, 2.75) is 76.9 Å². The maximum Gasteiger partial charge on any atom is 0.222 e. The highest BCUT2D eigenvalue weighted by atomic mass is 16.5. The van der Waals surface area contributed by atoms with E-state index in [1.54, 1.807) is 0 Å². The predicted octanol–water partition coefficient (Wildman–Crippen LogP) is 2.62. The van der Waals surface area contributed by atoms with Crippen LogP contribution in [-0.4, -0.2) is 37.7 Å². The summed E-state index contributed by atoms with van der Waals surface area (Å²) in [6.45, 7) is 4.81. The summed E-state index contributed by atoms with van der Waals surface area (Å²) >= 11 is 0. The van der Waals surface area contributed by atoms with E-state index < -0.39 is 0 Å². The van der Waals surface area contributed by atoms with Crippen molar-refractivity contribution in [2.24, 2.45) is 5.92 Å². The Labute approximate surface area is 129 Å². The van der Waals surface area contributed by atoms with Crippen molar-refractivity contribution < 1.29 is 9.53 Å². The summed E-state index contributed by atoms with van der Waals surface area (Å²) in [5.41, 5.74) is 0. The highest BCUT2D eigenvalue weighted by Gasteiger charge is 2.20. The monoisotopic (exact) mass is 296 g/mol. The molecule has 21 heavy (non-hydrogen) atoms. The fourth-order valence-electron chi connectivity index (χ4n) is 3.54. The highest BCUT2D eigenvalue weighted by molar-refractivity contribution is 5.76. The first-order valence-corrected chi connectivity index (χ1v) is 8.87. The van der Waals surface area contributed by atoms with Crippen molar-refractivity contribution in [3.05, 3.63) is 0 Å². The molecule has 0 unspecified atom stereocenters. The minimum atomic E-state index is 0.153. The minimum absolute atomic E-state index is 0.153. The number of carbonyl (C=O) groups is 1. The maximum absolute atomic E-state index is 12.0. The Bertz CT molecular complexity index is 295. The second-order valence-electron chi connectivity index (χ2n) is 6.68. The Morgan fingerprint density at radius 1 is 1.14 bits per heavy atom. The van der Waals surface area contributed by atoms with Gasteiger partial charge in [0, 0.05) is 12.5 Å². The van der Waals surface area contributed by atoms with Gasteiger partial charge in [0.25, 0.3) is 0 Å². The fraction of sp³-hybridized carbons (Fsp3) is 0.941. The van der Waals surface area contributed by atoms with Gasteiger partial charge in [-0.15, -0.1) is 0 Å². The van der Waals surface area contributed by atoms with Crippen LogP contribution in [0.1, 0.15) is 64.7 Å². The Morgan fingerprint density at radius 3 is 2.48 bits per heavy atom. The third-order valence-corrected chi connectivity index (χ3v) is 4.96. The Morgan fingerprint density at radius 2 is 1.81 bits per heavy atom. The average Bonchev–Trinajstić information content (AvgIpc) is 2.77. The molecule has 0 aromatic heterocycles. The van der Waals surface area contributed by atoms with Crippen LogP contribution in [0.25, 0.3) is 0 Å². The molecule has 1 heterocycles. The lowest BCUT2D eigenvalue weighted by molar-refractivity contribution is -0.123. The van der Waals surface area contributed by atoms with Crippen molar-refractivity contribution >= 4 is 5.91 Å². The van der Waals surface area contributed by atoms with E-state index in [2.05, 4.69) is 17.6 Å². The van der Waals surface area contributed by atoms with Gasteiger partial charge >= 0.3 is 0 Å². The zero-order chi connectivity index (χ0) is 14.9. The number of amides is 1. The molecule has 1 aliphatic carbocycles. The van der Waals surface area contributed by atoms with Crippen LogP contribution in [0, 0.1) is 5.92 Å². The van der Waals surface area contributed by atoms with Crippen molar-refractivity contribution in [1.29, 1.82) is 0 Å². The number of ether oxygens (including phenoxy) is 1. The maximum atomic E-state index is 12.0. The molecule has 1 saturated carbocycles. The van der Waals surface area contributed by atoms with Crippen LogP contribution in [0.15, 0.2) is 0 Å². The van der Waals surface area contributed by atoms with E-state index in [0.717, 1.165) is 25.9 Å². The van der Waals surface area contributed by atoms with Crippen molar-refractivity contribution in [1.82, 2.24) is 10.6 Å². The van der Waals surface area contributed by atoms with Gasteiger partial charge in [0.05, 0.1) is 12.7 Å². The zero-order valence-corrected chi connectivity index (χ0v) is 13.5. The molecule has 2 rings (SSSR count). The fourth-order valence-corrected chi connectivity index (χ4v) is 3.54. The summed E-state index contributed by atoms with van der Waals surface area (Å²) in [5.74, 6) is 0.822. The molecule has 1 aliphatic heterocycles. The number of hydrogen-bond donors (Lipinski definition) is 2. The van der Waals surface area contributed by atoms with Crippen LogP contribution in [-0.2, 0) is 9.53 Å². The molecule has 4 heteroatoms. The molecule has 1 amide bonds. The summed E-state index contributed by atoms with van der Waals surface area (Å²) in [6.07, 6.45) is 10.9. The van der Waals surface area contributed by atoms with Gasteiger partial charge in [-0.3, -0.25) is 4.79 Å². The van der Waals surface area contributed by atoms with Crippen LogP contribution in [0.5, 0.6) is 0 Å². The van der Waals surface area contributed by atoms with Gasteiger partial charge < -0.3 is 15.4 Å². The van der Waals surface area contributed by atoms with Gasteiger partial charge in [-0.2, -0.15) is 0 Å². The lowest BCUT2D eigenvalue weighted by atomic mass is 9.93. The Kier molecular flexibility index (Phi) is 7.51. The SMILES string of the molecule is C[C@H](NC(=O)CCOC1CCNCC1)C1CCCCCC1. The van der Waals surface area contributed by atoms with Crippen LogP contribution in [0.3, 0.4) is 0 Å². The molecule has 4 nitrogen and oxygen atoms in total. The lowest BCUT2D eigenvalue weighted by Gasteiger charge is -2.25. The number of rotatable bonds is 6. The van der Waals surface area contributed by atoms with Crippen molar-refractivity contribution in [3.63, 3.8) is 0 Å².